The number of amides is 2. The SMILES string of the molecule is CCc1sc(C(=O)NNC(=O)Cc2c[nH]c3ccccc23)cc1C. The first-order valence-corrected chi connectivity index (χ1v) is 8.63. The minimum Gasteiger partial charge on any atom is -0.361 e. The zero-order valence-electron chi connectivity index (χ0n) is 13.6. The molecule has 0 bridgehead atoms. The fraction of sp³-hybridized carbons (Fsp3) is 0.222. The Morgan fingerprint density at radius 2 is 2.00 bits per heavy atom. The molecule has 0 aliphatic rings. The van der Waals surface area contributed by atoms with Crippen LogP contribution in [0.25, 0.3) is 10.9 Å². The lowest BCUT2D eigenvalue weighted by Gasteiger charge is -2.05. The average molecular weight is 341 g/mol. The van der Waals surface area contributed by atoms with Gasteiger partial charge in [-0.15, -0.1) is 11.3 Å². The predicted molar refractivity (Wildman–Crippen MR) is 96.0 cm³/mol. The quantitative estimate of drug-likeness (QED) is 0.638. The number of hydrogen-bond donors (Lipinski definition) is 3. The van der Waals surface area contributed by atoms with Gasteiger partial charge in [0.25, 0.3) is 5.91 Å². The van der Waals surface area contributed by atoms with Gasteiger partial charge in [-0.3, -0.25) is 20.4 Å². The molecule has 0 spiro atoms. The van der Waals surface area contributed by atoms with Gasteiger partial charge in [0.2, 0.25) is 5.91 Å². The summed E-state index contributed by atoms with van der Waals surface area (Å²) in [5.74, 6) is -0.535. The summed E-state index contributed by atoms with van der Waals surface area (Å²) in [4.78, 5) is 29.1. The minimum absolute atomic E-state index is 0.202. The van der Waals surface area contributed by atoms with Crippen molar-refractivity contribution in [2.24, 2.45) is 0 Å². The predicted octanol–water partition coefficient (Wildman–Crippen LogP) is 3.10. The van der Waals surface area contributed by atoms with E-state index >= 15 is 0 Å². The number of para-hydroxylation sites is 1. The summed E-state index contributed by atoms with van der Waals surface area (Å²) in [5, 5.41) is 1.01. The van der Waals surface area contributed by atoms with Crippen molar-refractivity contribution < 1.29 is 9.59 Å². The topological polar surface area (TPSA) is 74.0 Å². The molecule has 0 atom stereocenters. The number of aryl methyl sites for hydroxylation is 2. The molecule has 6 heteroatoms. The van der Waals surface area contributed by atoms with E-state index in [1.54, 1.807) is 0 Å². The molecule has 3 rings (SSSR count). The van der Waals surface area contributed by atoms with Gasteiger partial charge in [-0.1, -0.05) is 25.1 Å². The van der Waals surface area contributed by atoms with E-state index in [0.29, 0.717) is 4.88 Å². The zero-order chi connectivity index (χ0) is 17.1. The molecule has 1 aromatic carbocycles. The Bertz CT molecular complexity index is 895. The maximum absolute atomic E-state index is 12.1. The third-order valence-electron chi connectivity index (χ3n) is 3.91. The molecule has 24 heavy (non-hydrogen) atoms. The van der Waals surface area contributed by atoms with E-state index in [1.165, 1.54) is 16.2 Å². The van der Waals surface area contributed by atoms with Gasteiger partial charge < -0.3 is 4.98 Å². The van der Waals surface area contributed by atoms with Crippen LogP contribution in [0.3, 0.4) is 0 Å². The molecule has 2 aromatic heterocycles. The molecule has 3 N–H and O–H groups in total. The number of benzene rings is 1. The Balaban J connectivity index is 1.60. The summed E-state index contributed by atoms with van der Waals surface area (Å²) < 4.78 is 0. The largest absolute Gasteiger partial charge is 0.361 e. The Morgan fingerprint density at radius 1 is 1.21 bits per heavy atom. The van der Waals surface area contributed by atoms with E-state index in [0.717, 1.165) is 28.5 Å². The molecule has 0 aliphatic carbocycles. The highest BCUT2D eigenvalue weighted by Crippen LogP contribution is 2.22. The van der Waals surface area contributed by atoms with Crippen molar-refractivity contribution in [3.05, 3.63) is 57.4 Å². The van der Waals surface area contributed by atoms with Crippen molar-refractivity contribution in [2.45, 2.75) is 26.7 Å². The number of aromatic amines is 1. The van der Waals surface area contributed by atoms with Gasteiger partial charge in [-0.05, 0) is 36.6 Å². The smallest absolute Gasteiger partial charge is 0.279 e. The van der Waals surface area contributed by atoms with Crippen molar-refractivity contribution in [2.75, 3.05) is 0 Å². The van der Waals surface area contributed by atoms with Crippen LogP contribution in [0.15, 0.2) is 36.5 Å². The van der Waals surface area contributed by atoms with Gasteiger partial charge in [0.1, 0.15) is 0 Å². The standard InChI is InChI=1S/C18H19N3O2S/c1-3-15-11(2)8-16(24-15)18(23)21-20-17(22)9-12-10-19-14-7-5-4-6-13(12)14/h4-8,10,19H,3,9H2,1-2H3,(H,20,22)(H,21,23). The van der Waals surface area contributed by atoms with Crippen LogP contribution >= 0.6 is 11.3 Å². The van der Waals surface area contributed by atoms with E-state index < -0.39 is 0 Å². The molecule has 2 amide bonds. The highest BCUT2D eigenvalue weighted by atomic mass is 32.1. The van der Waals surface area contributed by atoms with Crippen LogP contribution in [0.5, 0.6) is 0 Å². The van der Waals surface area contributed by atoms with Crippen molar-refractivity contribution in [1.82, 2.24) is 15.8 Å². The number of hydrazine groups is 1. The molecule has 0 unspecified atom stereocenters. The number of carbonyl (C=O) groups excluding carboxylic acids is 2. The molecule has 124 valence electrons. The molecule has 5 nitrogen and oxygen atoms in total. The molecule has 0 saturated heterocycles. The monoisotopic (exact) mass is 341 g/mol. The fourth-order valence-corrected chi connectivity index (χ4v) is 3.67. The van der Waals surface area contributed by atoms with Gasteiger partial charge in [-0.25, -0.2) is 0 Å². The van der Waals surface area contributed by atoms with Gasteiger partial charge in [-0.2, -0.15) is 0 Å². The summed E-state index contributed by atoms with van der Waals surface area (Å²) in [6.07, 6.45) is 2.92. The highest BCUT2D eigenvalue weighted by Gasteiger charge is 2.13. The fourth-order valence-electron chi connectivity index (χ4n) is 2.67. The molecular weight excluding hydrogens is 322 g/mol. The van der Waals surface area contributed by atoms with Crippen LogP contribution in [0.1, 0.15) is 32.6 Å². The van der Waals surface area contributed by atoms with Crippen molar-refractivity contribution >= 4 is 34.1 Å². The first-order chi connectivity index (χ1) is 11.6. The number of fused-ring (bicyclic) bond motifs is 1. The number of carbonyl (C=O) groups is 2. The van der Waals surface area contributed by atoms with Crippen LogP contribution < -0.4 is 10.9 Å². The van der Waals surface area contributed by atoms with Crippen molar-refractivity contribution in [1.29, 1.82) is 0 Å². The number of rotatable bonds is 4. The van der Waals surface area contributed by atoms with Gasteiger partial charge in [0, 0.05) is 22.0 Å². The normalized spacial score (nSPS) is 10.8. The third kappa shape index (κ3) is 3.33. The van der Waals surface area contributed by atoms with E-state index in [2.05, 4.69) is 22.8 Å². The lowest BCUT2D eigenvalue weighted by molar-refractivity contribution is -0.121. The maximum atomic E-state index is 12.1. The molecule has 2 heterocycles. The second-order valence-corrected chi connectivity index (χ2v) is 6.75. The van der Waals surface area contributed by atoms with Crippen LogP contribution in [0, 0.1) is 6.92 Å². The molecule has 0 radical (unpaired) electrons. The molecule has 0 saturated carbocycles. The van der Waals surface area contributed by atoms with Crippen LogP contribution in [0.4, 0.5) is 0 Å². The van der Waals surface area contributed by atoms with Crippen LogP contribution in [0.2, 0.25) is 0 Å². The summed E-state index contributed by atoms with van der Waals surface area (Å²) in [7, 11) is 0. The van der Waals surface area contributed by atoms with Gasteiger partial charge in [0.05, 0.1) is 11.3 Å². The summed E-state index contributed by atoms with van der Waals surface area (Å²) in [6.45, 7) is 4.05. The van der Waals surface area contributed by atoms with E-state index in [4.69, 9.17) is 0 Å². The maximum Gasteiger partial charge on any atom is 0.279 e. The highest BCUT2D eigenvalue weighted by molar-refractivity contribution is 7.14. The van der Waals surface area contributed by atoms with Crippen LogP contribution in [-0.4, -0.2) is 16.8 Å². The Hall–Kier alpha value is -2.60. The number of nitrogens with one attached hydrogen (secondary N) is 3. The molecule has 3 aromatic rings. The summed E-state index contributed by atoms with van der Waals surface area (Å²) in [5.41, 5.74) is 7.97. The average Bonchev–Trinajstić information content (AvgIpc) is 3.16. The second kappa shape index (κ2) is 6.88. The second-order valence-electron chi connectivity index (χ2n) is 5.61. The van der Waals surface area contributed by atoms with Gasteiger partial charge in [0.15, 0.2) is 0 Å². The number of aromatic nitrogens is 1. The molecule has 0 fully saturated rings. The lowest BCUT2D eigenvalue weighted by Crippen LogP contribution is -2.42. The zero-order valence-corrected chi connectivity index (χ0v) is 14.4. The van der Waals surface area contributed by atoms with Crippen molar-refractivity contribution in [3.63, 3.8) is 0 Å². The third-order valence-corrected chi connectivity index (χ3v) is 5.29. The van der Waals surface area contributed by atoms with E-state index in [1.807, 2.05) is 43.5 Å². The summed E-state index contributed by atoms with van der Waals surface area (Å²) >= 11 is 1.46. The Labute approximate surface area is 144 Å². The van der Waals surface area contributed by atoms with Gasteiger partial charge >= 0.3 is 0 Å². The lowest BCUT2D eigenvalue weighted by atomic mass is 10.1. The Morgan fingerprint density at radius 3 is 2.75 bits per heavy atom. The minimum atomic E-state index is -0.282. The molecular formula is C18H19N3O2S. The van der Waals surface area contributed by atoms with Crippen molar-refractivity contribution in [3.8, 4) is 0 Å². The first-order valence-electron chi connectivity index (χ1n) is 7.82. The van der Waals surface area contributed by atoms with E-state index in [9.17, 15) is 9.59 Å². The first kappa shape index (κ1) is 16.3. The number of thiophene rings is 1. The number of H-pyrrole nitrogens is 1. The number of hydrogen-bond acceptors (Lipinski definition) is 3. The van der Waals surface area contributed by atoms with Crippen LogP contribution in [-0.2, 0) is 17.6 Å². The molecule has 0 aliphatic heterocycles. The van der Waals surface area contributed by atoms with E-state index in [-0.39, 0.29) is 18.2 Å². The summed E-state index contributed by atoms with van der Waals surface area (Å²) in [6, 6.07) is 9.65. The Kier molecular flexibility index (Phi) is 4.66.